The largest absolute Gasteiger partial charge is 0.496 e. The van der Waals surface area contributed by atoms with Gasteiger partial charge in [-0.2, -0.15) is 0 Å². The van der Waals surface area contributed by atoms with Crippen molar-refractivity contribution in [3.05, 3.63) is 29.3 Å². The maximum absolute atomic E-state index is 11.7. The summed E-state index contributed by atoms with van der Waals surface area (Å²) >= 11 is 0. The van der Waals surface area contributed by atoms with Gasteiger partial charge in [0.1, 0.15) is 5.75 Å². The topological polar surface area (TPSA) is 38.3 Å². The van der Waals surface area contributed by atoms with Gasteiger partial charge in [-0.25, -0.2) is 0 Å². The number of methoxy groups -OCH3 is 1. The minimum atomic E-state index is -0.0283. The summed E-state index contributed by atoms with van der Waals surface area (Å²) in [6.07, 6.45) is 0. The second-order valence-electron chi connectivity index (χ2n) is 4.29. The summed E-state index contributed by atoms with van der Waals surface area (Å²) in [5.74, 6) is 1.24. The lowest BCUT2D eigenvalue weighted by molar-refractivity contribution is 0.0949. The van der Waals surface area contributed by atoms with Crippen molar-refractivity contribution in [2.75, 3.05) is 13.7 Å². The van der Waals surface area contributed by atoms with Gasteiger partial charge in [0, 0.05) is 12.1 Å². The van der Waals surface area contributed by atoms with Gasteiger partial charge in [-0.3, -0.25) is 4.79 Å². The Balaban J connectivity index is 2.73. The van der Waals surface area contributed by atoms with Crippen LogP contribution in [0.3, 0.4) is 0 Å². The van der Waals surface area contributed by atoms with Crippen molar-refractivity contribution in [1.29, 1.82) is 0 Å². The molecule has 0 fully saturated rings. The number of aryl methyl sites for hydroxylation is 1. The molecule has 1 N–H and O–H groups in total. The minimum absolute atomic E-state index is 0.0283. The molecule has 0 aliphatic heterocycles. The molecule has 88 valence electrons. The molecule has 0 spiro atoms. The van der Waals surface area contributed by atoms with Crippen molar-refractivity contribution in [1.82, 2.24) is 5.32 Å². The third-order valence-electron chi connectivity index (χ3n) is 2.33. The molecule has 0 saturated heterocycles. The second-order valence-corrected chi connectivity index (χ2v) is 4.29. The Morgan fingerprint density at radius 2 is 2.12 bits per heavy atom. The van der Waals surface area contributed by atoms with Crippen LogP contribution in [0.1, 0.15) is 29.8 Å². The van der Waals surface area contributed by atoms with Crippen LogP contribution < -0.4 is 10.1 Å². The highest BCUT2D eigenvalue weighted by molar-refractivity contribution is 5.94. The van der Waals surface area contributed by atoms with Crippen LogP contribution in [0.25, 0.3) is 0 Å². The van der Waals surface area contributed by atoms with Crippen LogP contribution in [-0.4, -0.2) is 19.6 Å². The third-order valence-corrected chi connectivity index (χ3v) is 2.33. The van der Waals surface area contributed by atoms with Gasteiger partial charge < -0.3 is 10.1 Å². The van der Waals surface area contributed by atoms with Crippen molar-refractivity contribution in [2.45, 2.75) is 20.8 Å². The Morgan fingerprint density at radius 3 is 2.62 bits per heavy atom. The van der Waals surface area contributed by atoms with Gasteiger partial charge in [0.15, 0.2) is 0 Å². The van der Waals surface area contributed by atoms with Crippen LogP contribution in [0.15, 0.2) is 18.2 Å². The van der Waals surface area contributed by atoms with E-state index in [1.54, 1.807) is 13.2 Å². The minimum Gasteiger partial charge on any atom is -0.496 e. The lowest BCUT2D eigenvalue weighted by Gasteiger charge is -2.09. The highest BCUT2D eigenvalue weighted by Gasteiger charge is 2.07. The molecule has 0 bridgehead atoms. The molecule has 1 amide bonds. The van der Waals surface area contributed by atoms with Crippen LogP contribution in [0.4, 0.5) is 0 Å². The molecule has 0 aromatic heterocycles. The molecule has 0 aliphatic rings. The fraction of sp³-hybridized carbons (Fsp3) is 0.462. The summed E-state index contributed by atoms with van der Waals surface area (Å²) in [6, 6.07) is 5.44. The van der Waals surface area contributed by atoms with Gasteiger partial charge in [0.2, 0.25) is 0 Å². The Hall–Kier alpha value is -1.51. The van der Waals surface area contributed by atoms with Crippen LogP contribution in [-0.2, 0) is 0 Å². The maximum Gasteiger partial charge on any atom is 0.251 e. The van der Waals surface area contributed by atoms with Crippen LogP contribution in [0, 0.1) is 12.8 Å². The van der Waals surface area contributed by atoms with E-state index in [2.05, 4.69) is 19.2 Å². The fourth-order valence-corrected chi connectivity index (χ4v) is 1.42. The molecule has 0 atom stereocenters. The van der Waals surface area contributed by atoms with Gasteiger partial charge in [-0.15, -0.1) is 0 Å². The average Bonchev–Trinajstić information content (AvgIpc) is 2.25. The van der Waals surface area contributed by atoms with E-state index in [1.165, 1.54) is 0 Å². The first-order valence-corrected chi connectivity index (χ1v) is 5.47. The molecule has 3 nitrogen and oxygen atoms in total. The predicted molar refractivity (Wildman–Crippen MR) is 64.9 cm³/mol. The van der Waals surface area contributed by atoms with Crippen molar-refractivity contribution in [3.63, 3.8) is 0 Å². The molecule has 0 unspecified atom stereocenters. The predicted octanol–water partition coefficient (Wildman–Crippen LogP) is 2.39. The first kappa shape index (κ1) is 12.6. The van der Waals surface area contributed by atoms with Crippen LogP contribution in [0.2, 0.25) is 0 Å². The highest BCUT2D eigenvalue weighted by atomic mass is 16.5. The molecular formula is C13H19NO2. The molecule has 1 rings (SSSR count). The summed E-state index contributed by atoms with van der Waals surface area (Å²) in [5, 5.41) is 2.88. The lowest BCUT2D eigenvalue weighted by Crippen LogP contribution is -2.27. The zero-order chi connectivity index (χ0) is 12.1. The Kier molecular flexibility index (Phi) is 4.35. The lowest BCUT2D eigenvalue weighted by atomic mass is 10.1. The van der Waals surface area contributed by atoms with Gasteiger partial charge in [0.05, 0.1) is 7.11 Å². The molecular weight excluding hydrogens is 202 g/mol. The smallest absolute Gasteiger partial charge is 0.251 e. The van der Waals surface area contributed by atoms with Gasteiger partial charge >= 0.3 is 0 Å². The Bertz CT molecular complexity index is 372. The van der Waals surface area contributed by atoms with E-state index in [1.807, 2.05) is 19.1 Å². The van der Waals surface area contributed by atoms with Gasteiger partial charge in [0.25, 0.3) is 5.91 Å². The third kappa shape index (κ3) is 3.26. The Morgan fingerprint density at radius 1 is 1.44 bits per heavy atom. The average molecular weight is 221 g/mol. The van der Waals surface area contributed by atoms with Crippen LogP contribution >= 0.6 is 0 Å². The number of amides is 1. The molecule has 16 heavy (non-hydrogen) atoms. The number of carbonyl (C=O) groups is 1. The normalized spacial score (nSPS) is 10.3. The SMILES string of the molecule is COc1ccc(C(=O)NCC(C)C)cc1C. The van der Waals surface area contributed by atoms with E-state index in [9.17, 15) is 4.79 Å². The molecule has 0 radical (unpaired) electrons. The first-order valence-electron chi connectivity index (χ1n) is 5.47. The van der Waals surface area contributed by atoms with Crippen molar-refractivity contribution in [2.24, 2.45) is 5.92 Å². The standard InChI is InChI=1S/C13H19NO2/c1-9(2)8-14-13(15)11-5-6-12(16-4)10(3)7-11/h5-7,9H,8H2,1-4H3,(H,14,15). The summed E-state index contributed by atoms with van der Waals surface area (Å²) < 4.78 is 5.15. The monoisotopic (exact) mass is 221 g/mol. The van der Waals surface area contributed by atoms with E-state index in [4.69, 9.17) is 4.74 Å². The van der Waals surface area contributed by atoms with E-state index < -0.39 is 0 Å². The van der Waals surface area contributed by atoms with Gasteiger partial charge in [-0.1, -0.05) is 13.8 Å². The van der Waals surface area contributed by atoms with Crippen LogP contribution in [0.5, 0.6) is 5.75 Å². The number of rotatable bonds is 4. The summed E-state index contributed by atoms with van der Waals surface area (Å²) in [5.41, 5.74) is 1.65. The molecule has 0 aliphatic carbocycles. The van der Waals surface area contributed by atoms with E-state index in [-0.39, 0.29) is 5.91 Å². The molecule has 3 heteroatoms. The number of benzene rings is 1. The summed E-state index contributed by atoms with van der Waals surface area (Å²) in [7, 11) is 1.63. The van der Waals surface area contributed by atoms with Crippen molar-refractivity contribution in [3.8, 4) is 5.75 Å². The molecule has 0 heterocycles. The van der Waals surface area contributed by atoms with Crippen molar-refractivity contribution < 1.29 is 9.53 Å². The summed E-state index contributed by atoms with van der Waals surface area (Å²) in [6.45, 7) is 6.76. The van der Waals surface area contributed by atoms with E-state index in [0.29, 0.717) is 18.0 Å². The molecule has 0 saturated carbocycles. The zero-order valence-electron chi connectivity index (χ0n) is 10.3. The number of ether oxygens (including phenoxy) is 1. The Labute approximate surface area is 96.8 Å². The number of hydrogen-bond donors (Lipinski definition) is 1. The summed E-state index contributed by atoms with van der Waals surface area (Å²) in [4.78, 5) is 11.7. The number of nitrogens with one attached hydrogen (secondary N) is 1. The number of carbonyl (C=O) groups excluding carboxylic acids is 1. The van der Waals surface area contributed by atoms with Gasteiger partial charge in [-0.05, 0) is 36.6 Å². The quantitative estimate of drug-likeness (QED) is 0.847. The first-order chi connectivity index (χ1) is 7.54. The molecule has 1 aromatic carbocycles. The zero-order valence-corrected chi connectivity index (χ0v) is 10.3. The van der Waals surface area contributed by atoms with Crippen molar-refractivity contribution >= 4 is 5.91 Å². The highest BCUT2D eigenvalue weighted by Crippen LogP contribution is 2.18. The van der Waals surface area contributed by atoms with E-state index in [0.717, 1.165) is 11.3 Å². The fourth-order valence-electron chi connectivity index (χ4n) is 1.42. The second kappa shape index (κ2) is 5.54. The molecule has 1 aromatic rings. The van der Waals surface area contributed by atoms with E-state index >= 15 is 0 Å². The number of hydrogen-bond acceptors (Lipinski definition) is 2. The maximum atomic E-state index is 11.7.